The first kappa shape index (κ1) is 14.9. The first-order chi connectivity index (χ1) is 10.3. The third kappa shape index (κ3) is 3.58. The van der Waals surface area contributed by atoms with Crippen molar-refractivity contribution in [1.29, 1.82) is 0 Å². The van der Waals surface area contributed by atoms with Crippen LogP contribution in [0, 0.1) is 5.92 Å². The quantitative estimate of drug-likeness (QED) is 0.779. The molecule has 1 aromatic rings. The molecule has 0 aromatic heterocycles. The monoisotopic (exact) mass is 352 g/mol. The molecule has 0 aliphatic carbocycles. The van der Waals surface area contributed by atoms with E-state index >= 15 is 0 Å². The summed E-state index contributed by atoms with van der Waals surface area (Å²) >= 11 is 3.48. The van der Waals surface area contributed by atoms with E-state index in [0.717, 1.165) is 44.7 Å². The van der Waals surface area contributed by atoms with Crippen molar-refractivity contribution in [2.24, 2.45) is 5.92 Å². The molecule has 0 N–H and O–H groups in total. The molecule has 21 heavy (non-hydrogen) atoms. The van der Waals surface area contributed by atoms with Gasteiger partial charge in [-0.1, -0.05) is 28.1 Å². The summed E-state index contributed by atoms with van der Waals surface area (Å²) in [6, 6.07) is 8.59. The van der Waals surface area contributed by atoms with E-state index in [4.69, 9.17) is 4.74 Å². The zero-order valence-electron chi connectivity index (χ0n) is 12.1. The number of carbonyl (C=O) groups excluding carboxylic acids is 1. The molecular weight excluding hydrogens is 332 g/mol. The van der Waals surface area contributed by atoms with Crippen molar-refractivity contribution in [3.63, 3.8) is 0 Å². The van der Waals surface area contributed by atoms with Crippen molar-refractivity contribution in [2.45, 2.75) is 13.0 Å². The molecule has 0 spiro atoms. The SMILES string of the molecule is O=C1CC(CBr)CN1Cc1ccc(N2CCOCC2)cc1. The van der Waals surface area contributed by atoms with Crippen molar-refractivity contribution in [1.82, 2.24) is 4.90 Å². The summed E-state index contributed by atoms with van der Waals surface area (Å²) in [7, 11) is 0. The van der Waals surface area contributed by atoms with Crippen LogP contribution in [0.15, 0.2) is 24.3 Å². The van der Waals surface area contributed by atoms with Gasteiger partial charge in [0.15, 0.2) is 0 Å². The third-order valence-corrected chi connectivity index (χ3v) is 5.11. The van der Waals surface area contributed by atoms with Crippen LogP contribution >= 0.6 is 15.9 Å². The molecule has 0 radical (unpaired) electrons. The lowest BCUT2D eigenvalue weighted by molar-refractivity contribution is -0.128. The summed E-state index contributed by atoms with van der Waals surface area (Å²) in [5.74, 6) is 0.738. The number of likely N-dealkylation sites (tertiary alicyclic amines) is 1. The Morgan fingerprint density at radius 2 is 1.90 bits per heavy atom. The Kier molecular flexibility index (Phi) is 4.80. The van der Waals surface area contributed by atoms with E-state index in [1.54, 1.807) is 0 Å². The third-order valence-electron chi connectivity index (χ3n) is 4.20. The molecule has 2 aliphatic heterocycles. The Bertz CT molecular complexity index is 486. The van der Waals surface area contributed by atoms with Crippen molar-refractivity contribution in [3.05, 3.63) is 29.8 Å². The number of amides is 1. The van der Waals surface area contributed by atoms with Gasteiger partial charge in [-0.25, -0.2) is 0 Å². The Morgan fingerprint density at radius 3 is 2.52 bits per heavy atom. The van der Waals surface area contributed by atoms with Crippen LogP contribution in [0.1, 0.15) is 12.0 Å². The lowest BCUT2D eigenvalue weighted by Crippen LogP contribution is -2.36. The number of benzene rings is 1. The van der Waals surface area contributed by atoms with Crippen LogP contribution < -0.4 is 4.90 Å². The van der Waals surface area contributed by atoms with Gasteiger partial charge >= 0.3 is 0 Å². The van der Waals surface area contributed by atoms with E-state index in [1.807, 2.05) is 4.90 Å². The molecule has 0 bridgehead atoms. The van der Waals surface area contributed by atoms with Crippen LogP contribution in [-0.4, -0.2) is 49.0 Å². The van der Waals surface area contributed by atoms with Gasteiger partial charge in [-0.3, -0.25) is 4.79 Å². The normalized spacial score (nSPS) is 22.9. The second-order valence-electron chi connectivity index (χ2n) is 5.76. The predicted molar refractivity (Wildman–Crippen MR) is 86.8 cm³/mol. The summed E-state index contributed by atoms with van der Waals surface area (Å²) in [6.45, 7) is 5.12. The predicted octanol–water partition coefficient (Wildman–Crippen LogP) is 2.27. The molecule has 2 saturated heterocycles. The van der Waals surface area contributed by atoms with Gasteiger partial charge in [-0.15, -0.1) is 0 Å². The fourth-order valence-corrected chi connectivity index (χ4v) is 3.40. The molecular formula is C16H21BrN2O2. The number of anilines is 1. The highest BCUT2D eigenvalue weighted by molar-refractivity contribution is 9.09. The summed E-state index contributed by atoms with van der Waals surface area (Å²) < 4.78 is 5.38. The number of alkyl halides is 1. The first-order valence-electron chi connectivity index (χ1n) is 7.51. The van der Waals surface area contributed by atoms with Gasteiger partial charge in [0.2, 0.25) is 5.91 Å². The maximum absolute atomic E-state index is 11.9. The molecule has 4 nitrogen and oxygen atoms in total. The van der Waals surface area contributed by atoms with Crippen molar-refractivity contribution in [2.75, 3.05) is 43.1 Å². The minimum Gasteiger partial charge on any atom is -0.378 e. The van der Waals surface area contributed by atoms with E-state index in [1.165, 1.54) is 11.3 Å². The molecule has 2 heterocycles. The number of hydrogen-bond acceptors (Lipinski definition) is 3. The van der Waals surface area contributed by atoms with E-state index in [9.17, 15) is 4.79 Å². The number of hydrogen-bond donors (Lipinski definition) is 0. The Labute approximate surface area is 134 Å². The number of carbonyl (C=O) groups is 1. The van der Waals surface area contributed by atoms with Gasteiger partial charge in [0, 0.05) is 43.6 Å². The molecule has 114 valence electrons. The molecule has 2 aliphatic rings. The average molecular weight is 353 g/mol. The molecule has 2 fully saturated rings. The van der Waals surface area contributed by atoms with Crippen molar-refractivity contribution in [3.8, 4) is 0 Å². The second kappa shape index (κ2) is 6.79. The van der Waals surface area contributed by atoms with Crippen LogP contribution in [-0.2, 0) is 16.1 Å². The van der Waals surface area contributed by atoms with Crippen molar-refractivity contribution >= 4 is 27.5 Å². The lowest BCUT2D eigenvalue weighted by Gasteiger charge is -2.29. The molecule has 1 amide bonds. The zero-order chi connectivity index (χ0) is 14.7. The molecule has 3 rings (SSSR count). The zero-order valence-corrected chi connectivity index (χ0v) is 13.7. The summed E-state index contributed by atoms with van der Waals surface area (Å²) in [5.41, 5.74) is 2.45. The largest absolute Gasteiger partial charge is 0.378 e. The second-order valence-corrected chi connectivity index (χ2v) is 6.41. The maximum atomic E-state index is 11.9. The van der Waals surface area contributed by atoms with E-state index in [0.29, 0.717) is 12.3 Å². The standard InChI is InChI=1S/C16H21BrN2O2/c17-10-14-9-16(20)19(12-14)11-13-1-3-15(4-2-13)18-5-7-21-8-6-18/h1-4,14H,5-12H2. The molecule has 5 heteroatoms. The Morgan fingerprint density at radius 1 is 1.19 bits per heavy atom. The molecule has 1 unspecified atom stereocenters. The molecule has 0 saturated carbocycles. The lowest BCUT2D eigenvalue weighted by atomic mass is 10.1. The highest BCUT2D eigenvalue weighted by Gasteiger charge is 2.28. The van der Waals surface area contributed by atoms with Crippen LogP contribution in [0.5, 0.6) is 0 Å². The number of ether oxygens (including phenoxy) is 1. The summed E-state index contributed by atoms with van der Waals surface area (Å²) in [6.07, 6.45) is 0.678. The number of morpholine rings is 1. The minimum absolute atomic E-state index is 0.275. The van der Waals surface area contributed by atoms with E-state index < -0.39 is 0 Å². The average Bonchev–Trinajstić information content (AvgIpc) is 2.89. The van der Waals surface area contributed by atoms with E-state index in [2.05, 4.69) is 45.1 Å². The van der Waals surface area contributed by atoms with Crippen LogP contribution in [0.2, 0.25) is 0 Å². The fraction of sp³-hybridized carbons (Fsp3) is 0.562. The van der Waals surface area contributed by atoms with E-state index in [-0.39, 0.29) is 5.91 Å². The van der Waals surface area contributed by atoms with Crippen molar-refractivity contribution < 1.29 is 9.53 Å². The topological polar surface area (TPSA) is 32.8 Å². The molecule has 1 atom stereocenters. The highest BCUT2D eigenvalue weighted by atomic mass is 79.9. The number of nitrogens with zero attached hydrogens (tertiary/aromatic N) is 2. The Balaban J connectivity index is 1.60. The van der Waals surface area contributed by atoms with Crippen LogP contribution in [0.4, 0.5) is 5.69 Å². The van der Waals surface area contributed by atoms with Gasteiger partial charge < -0.3 is 14.5 Å². The van der Waals surface area contributed by atoms with Gasteiger partial charge in [-0.05, 0) is 23.6 Å². The summed E-state index contributed by atoms with van der Waals surface area (Å²) in [5, 5.41) is 0.908. The van der Waals surface area contributed by atoms with Gasteiger partial charge in [0.25, 0.3) is 0 Å². The van der Waals surface area contributed by atoms with Gasteiger partial charge in [0.1, 0.15) is 0 Å². The van der Waals surface area contributed by atoms with Gasteiger partial charge in [-0.2, -0.15) is 0 Å². The van der Waals surface area contributed by atoms with Crippen LogP contribution in [0.25, 0.3) is 0 Å². The maximum Gasteiger partial charge on any atom is 0.223 e. The number of rotatable bonds is 4. The fourth-order valence-electron chi connectivity index (χ4n) is 2.96. The minimum atomic E-state index is 0.275. The Hall–Kier alpha value is -1.07. The smallest absolute Gasteiger partial charge is 0.223 e. The summed E-state index contributed by atoms with van der Waals surface area (Å²) in [4.78, 5) is 16.3. The van der Waals surface area contributed by atoms with Crippen LogP contribution in [0.3, 0.4) is 0 Å². The van der Waals surface area contributed by atoms with Gasteiger partial charge in [0.05, 0.1) is 13.2 Å². The molecule has 1 aromatic carbocycles. The first-order valence-corrected chi connectivity index (χ1v) is 8.64. The highest BCUT2D eigenvalue weighted by Crippen LogP contribution is 2.23. The number of halogens is 1.